The van der Waals surface area contributed by atoms with Crippen molar-refractivity contribution in [3.63, 3.8) is 0 Å². The zero-order valence-electron chi connectivity index (χ0n) is 8.45. The third-order valence-corrected chi connectivity index (χ3v) is 2.10. The zero-order valence-corrected chi connectivity index (χ0v) is 8.45. The molecule has 0 aliphatic rings. The van der Waals surface area contributed by atoms with Gasteiger partial charge in [0.1, 0.15) is 5.82 Å². The lowest BCUT2D eigenvalue weighted by molar-refractivity contribution is 0.0960. The summed E-state index contributed by atoms with van der Waals surface area (Å²) in [5, 5.41) is 0. The van der Waals surface area contributed by atoms with Crippen LogP contribution in [0.3, 0.4) is 0 Å². The third kappa shape index (κ3) is 2.09. The number of Topliss-reactive ketones (excluding diaryl/α,β-unsaturated/α-hetero) is 1. The van der Waals surface area contributed by atoms with Gasteiger partial charge in [-0.05, 0) is 25.0 Å². The Bertz CT molecular complexity index is 349. The van der Waals surface area contributed by atoms with E-state index in [-0.39, 0.29) is 11.6 Å². The number of hydrogen-bond acceptors (Lipinski definition) is 4. The van der Waals surface area contributed by atoms with Gasteiger partial charge in [-0.1, -0.05) is 6.92 Å². The van der Waals surface area contributed by atoms with E-state index in [9.17, 15) is 4.79 Å². The summed E-state index contributed by atoms with van der Waals surface area (Å²) < 4.78 is 0. The Morgan fingerprint density at radius 3 is 2.86 bits per heavy atom. The molecular formula is C10H15N3O. The summed E-state index contributed by atoms with van der Waals surface area (Å²) in [6.45, 7) is 3.72. The molecule has 76 valence electrons. The molecule has 0 fully saturated rings. The highest BCUT2D eigenvalue weighted by Crippen LogP contribution is 2.13. The molecule has 0 radical (unpaired) electrons. The summed E-state index contributed by atoms with van der Waals surface area (Å²) in [5.41, 5.74) is 12.6. The predicted octanol–water partition coefficient (Wildman–Crippen LogP) is 0.892. The van der Waals surface area contributed by atoms with Crippen LogP contribution >= 0.6 is 0 Å². The summed E-state index contributed by atoms with van der Waals surface area (Å²) in [6, 6.07) is 1.24. The van der Waals surface area contributed by atoms with Gasteiger partial charge in [-0.2, -0.15) is 0 Å². The summed E-state index contributed by atoms with van der Waals surface area (Å²) in [7, 11) is 0. The fourth-order valence-corrected chi connectivity index (χ4v) is 1.16. The van der Waals surface area contributed by atoms with E-state index in [1.807, 2.05) is 13.8 Å². The van der Waals surface area contributed by atoms with Gasteiger partial charge in [0.25, 0.3) is 0 Å². The molecule has 1 atom stereocenters. The molecule has 0 amide bonds. The van der Waals surface area contributed by atoms with Crippen molar-refractivity contribution in [2.45, 2.75) is 26.3 Å². The van der Waals surface area contributed by atoms with Crippen molar-refractivity contribution in [1.29, 1.82) is 0 Å². The number of nitrogen functional groups attached to an aromatic ring is 1. The molecule has 0 saturated carbocycles. The first kappa shape index (κ1) is 10.7. The number of anilines is 1. The largest absolute Gasteiger partial charge is 0.383 e. The van der Waals surface area contributed by atoms with Crippen LogP contribution in [0.4, 0.5) is 5.82 Å². The van der Waals surface area contributed by atoms with Gasteiger partial charge in [-0.3, -0.25) is 4.79 Å². The van der Waals surface area contributed by atoms with Gasteiger partial charge >= 0.3 is 0 Å². The molecule has 4 N–H and O–H groups in total. The quantitative estimate of drug-likeness (QED) is 0.698. The normalized spacial score (nSPS) is 12.5. The molecule has 0 aromatic carbocycles. The lowest BCUT2D eigenvalue weighted by Crippen LogP contribution is -2.30. The minimum Gasteiger partial charge on any atom is -0.383 e. The topological polar surface area (TPSA) is 82.0 Å². The third-order valence-electron chi connectivity index (χ3n) is 2.10. The van der Waals surface area contributed by atoms with Gasteiger partial charge in [0.05, 0.1) is 11.6 Å². The second kappa shape index (κ2) is 4.19. The van der Waals surface area contributed by atoms with Gasteiger partial charge < -0.3 is 11.5 Å². The number of rotatable bonds is 3. The molecule has 0 aliphatic carbocycles. The minimum absolute atomic E-state index is 0.138. The maximum atomic E-state index is 11.7. The zero-order chi connectivity index (χ0) is 10.7. The number of nitrogens with two attached hydrogens (primary N) is 2. The van der Waals surface area contributed by atoms with E-state index in [4.69, 9.17) is 11.5 Å². The van der Waals surface area contributed by atoms with E-state index >= 15 is 0 Å². The Kier molecular flexibility index (Phi) is 3.19. The van der Waals surface area contributed by atoms with Crippen LogP contribution in [0.15, 0.2) is 12.3 Å². The van der Waals surface area contributed by atoms with Crippen LogP contribution in [0.25, 0.3) is 0 Å². The Morgan fingerprint density at radius 1 is 1.64 bits per heavy atom. The molecule has 1 aromatic heterocycles. The Hall–Kier alpha value is -1.42. The van der Waals surface area contributed by atoms with Crippen LogP contribution in [-0.4, -0.2) is 16.8 Å². The Balaban J connectivity index is 3.06. The molecule has 1 rings (SSSR count). The van der Waals surface area contributed by atoms with Crippen molar-refractivity contribution in [3.8, 4) is 0 Å². The molecule has 4 heteroatoms. The standard InChI is InChI=1S/C10H15N3O/c1-3-8(11)9(14)7-4-6(2)5-13-10(7)12/h4-5,8H,3,11H2,1-2H3,(H2,12,13). The van der Waals surface area contributed by atoms with Gasteiger partial charge in [-0.15, -0.1) is 0 Å². The van der Waals surface area contributed by atoms with Crippen LogP contribution in [0.1, 0.15) is 29.3 Å². The highest BCUT2D eigenvalue weighted by atomic mass is 16.1. The number of hydrogen-bond donors (Lipinski definition) is 2. The average Bonchev–Trinajstić information content (AvgIpc) is 2.19. The molecule has 0 saturated heterocycles. The van der Waals surface area contributed by atoms with E-state index in [0.29, 0.717) is 12.0 Å². The molecule has 1 unspecified atom stereocenters. The first-order chi connectivity index (χ1) is 6.56. The lowest BCUT2D eigenvalue weighted by atomic mass is 10.0. The van der Waals surface area contributed by atoms with E-state index in [2.05, 4.69) is 4.98 Å². The number of nitrogens with zero attached hydrogens (tertiary/aromatic N) is 1. The van der Waals surface area contributed by atoms with E-state index < -0.39 is 6.04 Å². The van der Waals surface area contributed by atoms with Gasteiger partial charge in [0, 0.05) is 6.20 Å². The van der Waals surface area contributed by atoms with Crippen molar-refractivity contribution in [3.05, 3.63) is 23.4 Å². The maximum Gasteiger partial charge on any atom is 0.183 e. The molecule has 14 heavy (non-hydrogen) atoms. The molecular weight excluding hydrogens is 178 g/mol. The fourth-order valence-electron chi connectivity index (χ4n) is 1.16. The van der Waals surface area contributed by atoms with E-state index in [1.54, 1.807) is 12.3 Å². The summed E-state index contributed by atoms with van der Waals surface area (Å²) in [6.07, 6.45) is 2.23. The fraction of sp³-hybridized carbons (Fsp3) is 0.400. The first-order valence-corrected chi connectivity index (χ1v) is 4.58. The molecule has 1 heterocycles. The van der Waals surface area contributed by atoms with Crippen LogP contribution in [0.5, 0.6) is 0 Å². The minimum atomic E-state index is -0.485. The molecule has 4 nitrogen and oxygen atoms in total. The Morgan fingerprint density at radius 2 is 2.29 bits per heavy atom. The highest BCUT2D eigenvalue weighted by Gasteiger charge is 2.16. The molecule has 1 aromatic rings. The lowest BCUT2D eigenvalue weighted by Gasteiger charge is -2.09. The molecule has 0 bridgehead atoms. The van der Waals surface area contributed by atoms with Crippen LogP contribution in [0.2, 0.25) is 0 Å². The second-order valence-electron chi connectivity index (χ2n) is 3.32. The number of ketones is 1. The van der Waals surface area contributed by atoms with Gasteiger partial charge in [-0.25, -0.2) is 4.98 Å². The molecule has 0 aliphatic heterocycles. The summed E-state index contributed by atoms with van der Waals surface area (Å²) >= 11 is 0. The SMILES string of the molecule is CCC(N)C(=O)c1cc(C)cnc1N. The van der Waals surface area contributed by atoms with Crippen molar-refractivity contribution in [2.75, 3.05) is 5.73 Å². The monoisotopic (exact) mass is 193 g/mol. The smallest absolute Gasteiger partial charge is 0.183 e. The summed E-state index contributed by atoms with van der Waals surface area (Å²) in [4.78, 5) is 15.6. The van der Waals surface area contributed by atoms with Crippen molar-refractivity contribution in [2.24, 2.45) is 5.73 Å². The van der Waals surface area contributed by atoms with E-state index in [0.717, 1.165) is 5.56 Å². The Labute approximate surface area is 83.3 Å². The van der Waals surface area contributed by atoms with Gasteiger partial charge in [0.15, 0.2) is 5.78 Å². The summed E-state index contributed by atoms with van der Waals surface area (Å²) in [5.74, 6) is 0.116. The van der Waals surface area contributed by atoms with Crippen LogP contribution < -0.4 is 11.5 Å². The first-order valence-electron chi connectivity index (χ1n) is 4.58. The molecule has 0 spiro atoms. The van der Waals surface area contributed by atoms with Crippen LogP contribution in [0, 0.1) is 6.92 Å². The number of pyridine rings is 1. The number of carbonyl (C=O) groups excluding carboxylic acids is 1. The van der Waals surface area contributed by atoms with Crippen molar-refractivity contribution < 1.29 is 4.79 Å². The van der Waals surface area contributed by atoms with E-state index in [1.165, 1.54) is 0 Å². The number of aryl methyl sites for hydroxylation is 1. The number of aromatic nitrogens is 1. The van der Waals surface area contributed by atoms with Crippen molar-refractivity contribution >= 4 is 11.6 Å². The van der Waals surface area contributed by atoms with Crippen LogP contribution in [-0.2, 0) is 0 Å². The maximum absolute atomic E-state index is 11.7. The van der Waals surface area contributed by atoms with Gasteiger partial charge in [0.2, 0.25) is 0 Å². The predicted molar refractivity (Wildman–Crippen MR) is 56.0 cm³/mol. The second-order valence-corrected chi connectivity index (χ2v) is 3.32. The highest BCUT2D eigenvalue weighted by molar-refractivity contribution is 6.03. The number of carbonyl (C=O) groups is 1. The van der Waals surface area contributed by atoms with Crippen molar-refractivity contribution in [1.82, 2.24) is 4.98 Å². The average molecular weight is 193 g/mol.